The number of hydrogen-bond acceptors (Lipinski definition) is 4. The Morgan fingerprint density at radius 2 is 2.10 bits per heavy atom. The molecule has 2 aromatic rings. The number of nitrogens with one attached hydrogen (secondary N) is 2. The fourth-order valence-corrected chi connectivity index (χ4v) is 1.98. The average molecular weight is 287 g/mol. The van der Waals surface area contributed by atoms with Gasteiger partial charge in [0.05, 0.1) is 5.56 Å². The monoisotopic (exact) mass is 287 g/mol. The van der Waals surface area contributed by atoms with Crippen LogP contribution in [0.1, 0.15) is 29.5 Å². The van der Waals surface area contributed by atoms with Gasteiger partial charge >= 0.3 is 0 Å². The van der Waals surface area contributed by atoms with Gasteiger partial charge in [-0.1, -0.05) is 19.1 Å². The van der Waals surface area contributed by atoms with Gasteiger partial charge < -0.3 is 10.6 Å². The third-order valence-corrected chi connectivity index (χ3v) is 3.02. The number of anilines is 1. The van der Waals surface area contributed by atoms with Gasteiger partial charge in [0.15, 0.2) is 5.82 Å². The third kappa shape index (κ3) is 4.30. The Kier molecular flexibility index (Phi) is 5.31. The van der Waals surface area contributed by atoms with E-state index in [1.54, 1.807) is 11.0 Å². The molecule has 2 N–H and O–H groups in total. The number of carbonyl (C=O) groups excluding carboxylic acids is 1. The molecule has 0 aliphatic rings. The Balaban J connectivity index is 1.90. The van der Waals surface area contributed by atoms with E-state index in [2.05, 4.69) is 27.6 Å². The number of nitrogens with zero attached hydrogens (tertiary/aromatic N) is 3. The number of para-hydroxylation sites is 1. The lowest BCUT2D eigenvalue weighted by atomic mass is 10.1. The van der Waals surface area contributed by atoms with Crippen LogP contribution in [-0.4, -0.2) is 33.8 Å². The zero-order chi connectivity index (χ0) is 15.1. The zero-order valence-electron chi connectivity index (χ0n) is 12.5. The number of benzene rings is 1. The normalized spacial score (nSPS) is 10.4. The fraction of sp³-hybridized carbons (Fsp3) is 0.400. The van der Waals surface area contributed by atoms with Gasteiger partial charge in [0.1, 0.15) is 6.33 Å². The molecular formula is C15H21N5O. The van der Waals surface area contributed by atoms with Crippen LogP contribution in [0, 0.1) is 0 Å². The summed E-state index contributed by atoms with van der Waals surface area (Å²) in [7, 11) is 1.82. The van der Waals surface area contributed by atoms with Crippen LogP contribution < -0.4 is 10.6 Å². The second-order valence-corrected chi connectivity index (χ2v) is 4.81. The molecule has 1 aromatic carbocycles. The van der Waals surface area contributed by atoms with Crippen molar-refractivity contribution in [2.75, 3.05) is 18.4 Å². The first-order chi connectivity index (χ1) is 10.2. The lowest BCUT2D eigenvalue weighted by Gasteiger charge is -2.11. The molecule has 1 amide bonds. The van der Waals surface area contributed by atoms with Crippen molar-refractivity contribution in [1.29, 1.82) is 0 Å². The van der Waals surface area contributed by atoms with Crippen molar-refractivity contribution in [2.45, 2.75) is 19.8 Å². The Hall–Kier alpha value is -2.37. The van der Waals surface area contributed by atoms with Crippen molar-refractivity contribution in [1.82, 2.24) is 20.1 Å². The van der Waals surface area contributed by atoms with Crippen molar-refractivity contribution in [3.8, 4) is 0 Å². The fourth-order valence-electron chi connectivity index (χ4n) is 1.98. The minimum atomic E-state index is -0.0786. The van der Waals surface area contributed by atoms with Gasteiger partial charge in [0.2, 0.25) is 0 Å². The van der Waals surface area contributed by atoms with Gasteiger partial charge in [0.25, 0.3) is 5.91 Å². The molecule has 0 spiro atoms. The first-order valence-electron chi connectivity index (χ1n) is 7.16. The highest BCUT2D eigenvalue weighted by molar-refractivity contribution is 5.99. The summed E-state index contributed by atoms with van der Waals surface area (Å²) in [5.74, 6) is 0.653. The molecule has 0 bridgehead atoms. The first-order valence-corrected chi connectivity index (χ1v) is 7.16. The lowest BCUT2D eigenvalue weighted by Crippen LogP contribution is -2.27. The molecule has 0 saturated heterocycles. The van der Waals surface area contributed by atoms with Gasteiger partial charge in [-0.05, 0) is 18.6 Å². The molecule has 0 aliphatic carbocycles. The van der Waals surface area contributed by atoms with E-state index in [-0.39, 0.29) is 5.91 Å². The minimum absolute atomic E-state index is 0.0786. The maximum atomic E-state index is 12.2. The lowest BCUT2D eigenvalue weighted by molar-refractivity contribution is 0.0955. The van der Waals surface area contributed by atoms with E-state index >= 15 is 0 Å². The maximum Gasteiger partial charge on any atom is 0.253 e. The highest BCUT2D eigenvalue weighted by atomic mass is 16.1. The van der Waals surface area contributed by atoms with Gasteiger partial charge in [0, 0.05) is 32.2 Å². The molecule has 1 heterocycles. The predicted molar refractivity (Wildman–Crippen MR) is 82.3 cm³/mol. The van der Waals surface area contributed by atoms with Gasteiger partial charge in [-0.15, -0.1) is 0 Å². The molecule has 6 heteroatoms. The molecule has 2 rings (SSSR count). The third-order valence-electron chi connectivity index (χ3n) is 3.02. The van der Waals surface area contributed by atoms with Gasteiger partial charge in [-0.25, -0.2) is 4.98 Å². The van der Waals surface area contributed by atoms with E-state index in [4.69, 9.17) is 0 Å². The molecule has 0 aliphatic heterocycles. The van der Waals surface area contributed by atoms with Crippen molar-refractivity contribution < 1.29 is 4.79 Å². The quantitative estimate of drug-likeness (QED) is 0.811. The number of amides is 1. The van der Waals surface area contributed by atoms with Crippen LogP contribution in [-0.2, 0) is 13.5 Å². The van der Waals surface area contributed by atoms with Crippen LogP contribution in [0.3, 0.4) is 0 Å². The summed E-state index contributed by atoms with van der Waals surface area (Å²) >= 11 is 0. The molecule has 0 atom stereocenters. The van der Waals surface area contributed by atoms with Crippen molar-refractivity contribution in [2.24, 2.45) is 7.05 Å². The van der Waals surface area contributed by atoms with Crippen molar-refractivity contribution in [3.63, 3.8) is 0 Å². The first kappa shape index (κ1) is 15.0. The summed E-state index contributed by atoms with van der Waals surface area (Å²) in [6, 6.07) is 7.54. The second kappa shape index (κ2) is 7.42. The number of rotatable bonds is 7. The smallest absolute Gasteiger partial charge is 0.253 e. The number of hydrogen-bond donors (Lipinski definition) is 2. The largest absolute Gasteiger partial charge is 0.384 e. The zero-order valence-corrected chi connectivity index (χ0v) is 12.5. The molecular weight excluding hydrogens is 266 g/mol. The number of aryl methyl sites for hydroxylation is 1. The molecule has 21 heavy (non-hydrogen) atoms. The Bertz CT molecular complexity index is 593. The van der Waals surface area contributed by atoms with E-state index in [1.165, 1.54) is 0 Å². The predicted octanol–water partition coefficient (Wildman–Crippen LogP) is 1.61. The molecule has 0 fully saturated rings. The minimum Gasteiger partial charge on any atom is -0.384 e. The summed E-state index contributed by atoms with van der Waals surface area (Å²) in [5.41, 5.74) is 1.53. The van der Waals surface area contributed by atoms with Gasteiger partial charge in [-0.2, -0.15) is 5.10 Å². The van der Waals surface area contributed by atoms with E-state index in [0.29, 0.717) is 18.5 Å². The molecule has 6 nitrogen and oxygen atoms in total. The van der Waals surface area contributed by atoms with Crippen LogP contribution in [0.15, 0.2) is 30.6 Å². The molecule has 112 valence electrons. The van der Waals surface area contributed by atoms with Crippen molar-refractivity contribution in [3.05, 3.63) is 42.0 Å². The maximum absolute atomic E-state index is 12.2. The molecule has 0 unspecified atom stereocenters. The topological polar surface area (TPSA) is 71.8 Å². The number of aromatic nitrogens is 3. The van der Waals surface area contributed by atoms with Crippen LogP contribution in [0.4, 0.5) is 5.69 Å². The Labute approximate surface area is 124 Å². The van der Waals surface area contributed by atoms with E-state index in [1.807, 2.05) is 31.3 Å². The van der Waals surface area contributed by atoms with Crippen LogP contribution in [0.5, 0.6) is 0 Å². The molecule has 0 radical (unpaired) electrons. The Morgan fingerprint density at radius 3 is 2.81 bits per heavy atom. The average Bonchev–Trinajstić information content (AvgIpc) is 2.91. The SMILES string of the molecule is CCCNc1ccccc1C(=O)NCCc1ncn(C)n1. The van der Waals surface area contributed by atoms with E-state index < -0.39 is 0 Å². The highest BCUT2D eigenvalue weighted by Gasteiger charge is 2.10. The highest BCUT2D eigenvalue weighted by Crippen LogP contribution is 2.14. The second-order valence-electron chi connectivity index (χ2n) is 4.81. The Morgan fingerprint density at radius 1 is 1.29 bits per heavy atom. The van der Waals surface area contributed by atoms with Crippen LogP contribution >= 0.6 is 0 Å². The van der Waals surface area contributed by atoms with Crippen molar-refractivity contribution >= 4 is 11.6 Å². The summed E-state index contributed by atoms with van der Waals surface area (Å²) in [4.78, 5) is 16.4. The summed E-state index contributed by atoms with van der Waals surface area (Å²) in [6.45, 7) is 3.46. The van der Waals surface area contributed by atoms with E-state index in [0.717, 1.165) is 24.5 Å². The van der Waals surface area contributed by atoms with Gasteiger partial charge in [-0.3, -0.25) is 9.48 Å². The summed E-state index contributed by atoms with van der Waals surface area (Å²) in [6.07, 6.45) is 3.29. The number of carbonyl (C=O) groups is 1. The molecule has 0 saturated carbocycles. The summed E-state index contributed by atoms with van der Waals surface area (Å²) < 4.78 is 1.65. The van der Waals surface area contributed by atoms with Crippen LogP contribution in [0.25, 0.3) is 0 Å². The van der Waals surface area contributed by atoms with E-state index in [9.17, 15) is 4.79 Å². The summed E-state index contributed by atoms with van der Waals surface area (Å²) in [5, 5.41) is 10.4. The van der Waals surface area contributed by atoms with Crippen LogP contribution in [0.2, 0.25) is 0 Å². The molecule has 1 aromatic heterocycles. The standard InChI is InChI=1S/C15H21N5O/c1-3-9-16-13-7-5-4-6-12(13)15(21)17-10-8-14-18-11-20(2)19-14/h4-7,11,16H,3,8-10H2,1-2H3,(H,17,21).